The van der Waals surface area contributed by atoms with Gasteiger partial charge in [-0.2, -0.15) is 0 Å². The molecule has 0 radical (unpaired) electrons. The van der Waals surface area contributed by atoms with Crippen LogP contribution in [0, 0.1) is 0 Å². The van der Waals surface area contributed by atoms with E-state index in [1.807, 2.05) is 29.2 Å². The number of nitrogens with zero attached hydrogens (tertiary/aromatic N) is 1. The highest BCUT2D eigenvalue weighted by molar-refractivity contribution is 6.30. The highest BCUT2D eigenvalue weighted by atomic mass is 35.5. The van der Waals surface area contributed by atoms with Gasteiger partial charge in [0.2, 0.25) is 5.91 Å². The molecule has 2 aliphatic rings. The lowest BCUT2D eigenvalue weighted by atomic mass is 10.0. The summed E-state index contributed by atoms with van der Waals surface area (Å²) < 4.78 is 0. The third-order valence-corrected chi connectivity index (χ3v) is 4.11. The van der Waals surface area contributed by atoms with Crippen LogP contribution in [0.15, 0.2) is 24.3 Å². The first kappa shape index (κ1) is 12.9. The summed E-state index contributed by atoms with van der Waals surface area (Å²) in [6.07, 6.45) is 3.03. The van der Waals surface area contributed by atoms with Gasteiger partial charge in [0.1, 0.15) is 6.04 Å². The maximum atomic E-state index is 12.3. The van der Waals surface area contributed by atoms with E-state index in [0.717, 1.165) is 42.9 Å². The van der Waals surface area contributed by atoms with Gasteiger partial charge in [-0.25, -0.2) is 10.9 Å². The van der Waals surface area contributed by atoms with Crippen molar-refractivity contribution in [3.8, 4) is 0 Å². The van der Waals surface area contributed by atoms with E-state index >= 15 is 0 Å². The summed E-state index contributed by atoms with van der Waals surface area (Å²) in [6.45, 7) is 1.80. The Morgan fingerprint density at radius 2 is 2.05 bits per heavy atom. The molecule has 2 atom stereocenters. The van der Waals surface area contributed by atoms with Gasteiger partial charge in [-0.1, -0.05) is 23.7 Å². The van der Waals surface area contributed by atoms with Crippen LogP contribution < -0.4 is 10.9 Å². The molecule has 2 aliphatic heterocycles. The lowest BCUT2D eigenvalue weighted by Gasteiger charge is -2.19. The second-order valence-electron chi connectivity index (χ2n) is 5.22. The largest absolute Gasteiger partial charge is 0.341 e. The average Bonchev–Trinajstić information content (AvgIpc) is 3.10. The van der Waals surface area contributed by atoms with Crippen LogP contribution in [0.25, 0.3) is 0 Å². The molecule has 0 aliphatic carbocycles. The molecule has 102 valence electrons. The summed E-state index contributed by atoms with van der Waals surface area (Å²) in [7, 11) is 0. The molecule has 5 heteroatoms. The number of likely N-dealkylation sites (tertiary alicyclic amines) is 1. The van der Waals surface area contributed by atoms with Crippen molar-refractivity contribution in [3.05, 3.63) is 34.9 Å². The van der Waals surface area contributed by atoms with Crippen LogP contribution in [-0.2, 0) is 4.79 Å². The minimum atomic E-state index is -0.123. The number of hydrazine groups is 1. The fourth-order valence-electron chi connectivity index (χ4n) is 2.82. The SMILES string of the molecule is O=C(C1CC(c2cccc(Cl)c2)NN1)N1CCCC1. The summed E-state index contributed by atoms with van der Waals surface area (Å²) in [6, 6.07) is 7.81. The highest BCUT2D eigenvalue weighted by Crippen LogP contribution is 2.25. The summed E-state index contributed by atoms with van der Waals surface area (Å²) in [5, 5.41) is 0.730. The van der Waals surface area contributed by atoms with E-state index in [1.165, 1.54) is 0 Å². The van der Waals surface area contributed by atoms with Crippen LogP contribution in [0.2, 0.25) is 5.02 Å². The molecule has 3 rings (SSSR count). The van der Waals surface area contributed by atoms with E-state index in [2.05, 4.69) is 10.9 Å². The molecule has 2 saturated heterocycles. The number of halogens is 1. The fraction of sp³-hybridized carbons (Fsp3) is 0.500. The maximum absolute atomic E-state index is 12.3. The molecule has 19 heavy (non-hydrogen) atoms. The van der Waals surface area contributed by atoms with E-state index in [1.54, 1.807) is 0 Å². The first-order valence-corrected chi connectivity index (χ1v) is 7.17. The van der Waals surface area contributed by atoms with E-state index in [9.17, 15) is 4.79 Å². The Hall–Kier alpha value is -1.10. The van der Waals surface area contributed by atoms with Crippen molar-refractivity contribution >= 4 is 17.5 Å². The van der Waals surface area contributed by atoms with Crippen molar-refractivity contribution in [1.29, 1.82) is 0 Å². The Balaban J connectivity index is 1.65. The number of hydrogen-bond donors (Lipinski definition) is 2. The normalized spacial score (nSPS) is 26.9. The molecule has 1 amide bonds. The molecule has 2 fully saturated rings. The van der Waals surface area contributed by atoms with Gasteiger partial charge in [-0.15, -0.1) is 0 Å². The van der Waals surface area contributed by atoms with Crippen LogP contribution in [-0.4, -0.2) is 29.9 Å². The van der Waals surface area contributed by atoms with Crippen molar-refractivity contribution in [1.82, 2.24) is 15.8 Å². The molecule has 1 aromatic rings. The van der Waals surface area contributed by atoms with E-state index < -0.39 is 0 Å². The Kier molecular flexibility index (Phi) is 3.73. The molecule has 0 saturated carbocycles. The summed E-state index contributed by atoms with van der Waals surface area (Å²) >= 11 is 6.00. The number of nitrogens with one attached hydrogen (secondary N) is 2. The van der Waals surface area contributed by atoms with Crippen molar-refractivity contribution in [2.75, 3.05) is 13.1 Å². The molecule has 0 aromatic heterocycles. The van der Waals surface area contributed by atoms with Crippen LogP contribution >= 0.6 is 11.6 Å². The van der Waals surface area contributed by atoms with Gasteiger partial charge in [0, 0.05) is 24.2 Å². The van der Waals surface area contributed by atoms with Crippen LogP contribution in [0.5, 0.6) is 0 Å². The van der Waals surface area contributed by atoms with Crippen LogP contribution in [0.3, 0.4) is 0 Å². The van der Waals surface area contributed by atoms with Crippen molar-refractivity contribution in [2.45, 2.75) is 31.3 Å². The first-order chi connectivity index (χ1) is 9.24. The second-order valence-corrected chi connectivity index (χ2v) is 5.65. The van der Waals surface area contributed by atoms with Gasteiger partial charge in [0.25, 0.3) is 0 Å². The van der Waals surface area contributed by atoms with E-state index in [0.29, 0.717) is 0 Å². The quantitative estimate of drug-likeness (QED) is 0.869. The van der Waals surface area contributed by atoms with Gasteiger partial charge in [0.15, 0.2) is 0 Å². The number of rotatable bonds is 2. The number of carbonyl (C=O) groups is 1. The molecule has 1 aromatic carbocycles. The molecule has 0 spiro atoms. The zero-order chi connectivity index (χ0) is 13.2. The molecular formula is C14H18ClN3O. The predicted octanol–water partition coefficient (Wildman–Crippen LogP) is 1.87. The Bertz CT molecular complexity index is 474. The van der Waals surface area contributed by atoms with Gasteiger partial charge in [-0.3, -0.25) is 4.79 Å². The number of amides is 1. The minimum Gasteiger partial charge on any atom is -0.341 e. The fourth-order valence-corrected chi connectivity index (χ4v) is 3.02. The van der Waals surface area contributed by atoms with Crippen molar-refractivity contribution in [3.63, 3.8) is 0 Å². The van der Waals surface area contributed by atoms with Crippen molar-refractivity contribution in [2.24, 2.45) is 0 Å². The van der Waals surface area contributed by atoms with Crippen LogP contribution in [0.4, 0.5) is 0 Å². The third-order valence-electron chi connectivity index (χ3n) is 3.87. The molecule has 4 nitrogen and oxygen atoms in total. The summed E-state index contributed by atoms with van der Waals surface area (Å²) in [5.74, 6) is 0.217. The minimum absolute atomic E-state index is 0.123. The molecule has 2 N–H and O–H groups in total. The molecule has 2 unspecified atom stereocenters. The van der Waals surface area contributed by atoms with Gasteiger partial charge in [-0.05, 0) is 37.0 Å². The Labute approximate surface area is 118 Å². The summed E-state index contributed by atoms with van der Waals surface area (Å²) in [5.41, 5.74) is 7.44. The average molecular weight is 280 g/mol. The van der Waals surface area contributed by atoms with E-state index in [4.69, 9.17) is 11.6 Å². The zero-order valence-corrected chi connectivity index (χ0v) is 11.5. The first-order valence-electron chi connectivity index (χ1n) is 6.79. The number of benzene rings is 1. The van der Waals surface area contributed by atoms with Gasteiger partial charge >= 0.3 is 0 Å². The standard InChI is InChI=1S/C14H18ClN3O/c15-11-5-3-4-10(8-11)12-9-13(17-16-12)14(19)18-6-1-2-7-18/h3-5,8,12-13,16-17H,1-2,6-7,9H2. The van der Waals surface area contributed by atoms with Crippen LogP contribution in [0.1, 0.15) is 30.9 Å². The van der Waals surface area contributed by atoms with Gasteiger partial charge in [0.05, 0.1) is 0 Å². The smallest absolute Gasteiger partial charge is 0.241 e. The predicted molar refractivity (Wildman–Crippen MR) is 74.7 cm³/mol. The third kappa shape index (κ3) is 2.76. The number of hydrogen-bond acceptors (Lipinski definition) is 3. The lowest BCUT2D eigenvalue weighted by Crippen LogP contribution is -2.44. The van der Waals surface area contributed by atoms with E-state index in [-0.39, 0.29) is 18.0 Å². The zero-order valence-electron chi connectivity index (χ0n) is 10.7. The maximum Gasteiger partial charge on any atom is 0.241 e. The monoisotopic (exact) mass is 279 g/mol. The summed E-state index contributed by atoms with van der Waals surface area (Å²) in [4.78, 5) is 14.2. The molecule has 2 heterocycles. The Morgan fingerprint density at radius 3 is 2.79 bits per heavy atom. The number of carbonyl (C=O) groups excluding carboxylic acids is 1. The highest BCUT2D eigenvalue weighted by Gasteiger charge is 2.33. The topological polar surface area (TPSA) is 44.4 Å². The Morgan fingerprint density at radius 1 is 1.26 bits per heavy atom. The van der Waals surface area contributed by atoms with Crippen molar-refractivity contribution < 1.29 is 4.79 Å². The second kappa shape index (κ2) is 5.49. The molecule has 0 bridgehead atoms. The molecular weight excluding hydrogens is 262 g/mol. The van der Waals surface area contributed by atoms with Gasteiger partial charge < -0.3 is 4.90 Å². The lowest BCUT2D eigenvalue weighted by molar-refractivity contribution is -0.132.